The molecule has 6 nitrogen and oxygen atoms in total. The Morgan fingerprint density at radius 1 is 1.20 bits per heavy atom. The van der Waals surface area contributed by atoms with Gasteiger partial charge in [-0.1, -0.05) is 12.1 Å². The Labute approximate surface area is 111 Å². The number of rotatable bonds is 4. The van der Waals surface area contributed by atoms with Gasteiger partial charge in [0.25, 0.3) is 10.0 Å². The summed E-state index contributed by atoms with van der Waals surface area (Å²) in [4.78, 5) is -0.632. The van der Waals surface area contributed by atoms with Crippen LogP contribution in [0.1, 0.15) is 0 Å². The predicted molar refractivity (Wildman–Crippen MR) is 62.5 cm³/mol. The zero-order valence-corrected chi connectivity index (χ0v) is 10.5. The van der Waals surface area contributed by atoms with Crippen molar-refractivity contribution in [3.8, 4) is 5.75 Å². The van der Waals surface area contributed by atoms with E-state index >= 15 is 0 Å². The minimum atomic E-state index is -4.99. The maximum atomic E-state index is 12.2. The highest BCUT2D eigenvalue weighted by Gasteiger charge is 2.34. The SMILES string of the molecule is O=S(=O)(Nc1ccn[nH]1)c1ccccc1OC(F)(F)F. The van der Waals surface area contributed by atoms with Crippen molar-refractivity contribution < 1.29 is 26.3 Å². The molecule has 0 radical (unpaired) electrons. The molecule has 0 saturated heterocycles. The van der Waals surface area contributed by atoms with Crippen LogP contribution in [-0.2, 0) is 10.0 Å². The quantitative estimate of drug-likeness (QED) is 0.906. The molecule has 20 heavy (non-hydrogen) atoms. The first-order valence-electron chi connectivity index (χ1n) is 5.15. The number of aromatic nitrogens is 2. The molecule has 0 saturated carbocycles. The number of H-pyrrole nitrogens is 1. The zero-order chi connectivity index (χ0) is 14.8. The van der Waals surface area contributed by atoms with Crippen molar-refractivity contribution in [2.75, 3.05) is 4.72 Å². The monoisotopic (exact) mass is 307 g/mol. The topological polar surface area (TPSA) is 84.1 Å². The molecule has 2 rings (SSSR count). The van der Waals surface area contributed by atoms with Crippen molar-refractivity contribution in [1.29, 1.82) is 0 Å². The number of hydrogen-bond donors (Lipinski definition) is 2. The largest absolute Gasteiger partial charge is 0.573 e. The Morgan fingerprint density at radius 2 is 1.90 bits per heavy atom. The lowest BCUT2D eigenvalue weighted by Crippen LogP contribution is -2.21. The van der Waals surface area contributed by atoms with Gasteiger partial charge >= 0.3 is 6.36 Å². The number of nitrogens with zero attached hydrogens (tertiary/aromatic N) is 1. The van der Waals surface area contributed by atoms with Crippen LogP contribution in [0.2, 0.25) is 0 Å². The lowest BCUT2D eigenvalue weighted by Gasteiger charge is -2.13. The Hall–Kier alpha value is -2.23. The van der Waals surface area contributed by atoms with Crippen LogP contribution < -0.4 is 9.46 Å². The van der Waals surface area contributed by atoms with Gasteiger partial charge in [0, 0.05) is 6.07 Å². The average molecular weight is 307 g/mol. The molecule has 0 aliphatic heterocycles. The molecule has 0 fully saturated rings. The number of aromatic amines is 1. The third-order valence-electron chi connectivity index (χ3n) is 2.11. The van der Waals surface area contributed by atoms with Gasteiger partial charge in [-0.2, -0.15) is 5.10 Å². The third kappa shape index (κ3) is 3.41. The summed E-state index contributed by atoms with van der Waals surface area (Å²) in [6.07, 6.45) is -3.70. The van der Waals surface area contributed by atoms with Crippen LogP contribution in [0, 0.1) is 0 Å². The van der Waals surface area contributed by atoms with E-state index in [-0.39, 0.29) is 5.82 Å². The summed E-state index contributed by atoms with van der Waals surface area (Å²) in [5.74, 6) is -0.793. The van der Waals surface area contributed by atoms with Gasteiger partial charge in [-0.3, -0.25) is 9.82 Å². The van der Waals surface area contributed by atoms with E-state index in [1.807, 2.05) is 4.72 Å². The van der Waals surface area contributed by atoms with Crippen LogP contribution in [0.25, 0.3) is 0 Å². The van der Waals surface area contributed by atoms with Crippen LogP contribution >= 0.6 is 0 Å². The molecule has 0 aliphatic carbocycles. The van der Waals surface area contributed by atoms with E-state index in [0.717, 1.165) is 12.1 Å². The number of anilines is 1. The fourth-order valence-electron chi connectivity index (χ4n) is 1.39. The molecule has 2 N–H and O–H groups in total. The number of hydrogen-bond acceptors (Lipinski definition) is 4. The highest BCUT2D eigenvalue weighted by molar-refractivity contribution is 7.92. The molecule has 1 heterocycles. The molecule has 0 aliphatic rings. The molecule has 0 amide bonds. The van der Waals surface area contributed by atoms with E-state index in [0.29, 0.717) is 0 Å². The number of nitrogens with one attached hydrogen (secondary N) is 2. The number of halogens is 3. The Morgan fingerprint density at radius 3 is 2.50 bits per heavy atom. The summed E-state index contributed by atoms with van der Waals surface area (Å²) in [5.41, 5.74) is 0. The lowest BCUT2D eigenvalue weighted by molar-refractivity contribution is -0.275. The van der Waals surface area contributed by atoms with Crippen molar-refractivity contribution in [2.45, 2.75) is 11.3 Å². The molecular formula is C10H8F3N3O3S. The van der Waals surface area contributed by atoms with E-state index in [4.69, 9.17) is 0 Å². The van der Waals surface area contributed by atoms with E-state index in [9.17, 15) is 21.6 Å². The molecule has 0 atom stereocenters. The van der Waals surface area contributed by atoms with Gasteiger partial charge in [0.1, 0.15) is 16.5 Å². The smallest absolute Gasteiger partial charge is 0.404 e. The number of para-hydroxylation sites is 1. The second-order valence-corrected chi connectivity index (χ2v) is 5.22. The van der Waals surface area contributed by atoms with Crippen molar-refractivity contribution in [3.63, 3.8) is 0 Å². The second kappa shape index (κ2) is 5.04. The summed E-state index contributed by atoms with van der Waals surface area (Å²) < 4.78 is 66.4. The summed E-state index contributed by atoms with van der Waals surface area (Å²) in [6.45, 7) is 0. The number of benzene rings is 1. The highest BCUT2D eigenvalue weighted by atomic mass is 32.2. The van der Waals surface area contributed by atoms with Gasteiger partial charge in [0.2, 0.25) is 0 Å². The van der Waals surface area contributed by atoms with Gasteiger partial charge in [-0.15, -0.1) is 13.2 Å². The maximum Gasteiger partial charge on any atom is 0.573 e. The molecule has 0 unspecified atom stereocenters. The first kappa shape index (κ1) is 14.2. The van der Waals surface area contributed by atoms with E-state index < -0.39 is 27.0 Å². The van der Waals surface area contributed by atoms with Crippen molar-refractivity contribution in [3.05, 3.63) is 36.5 Å². The summed E-state index contributed by atoms with van der Waals surface area (Å²) >= 11 is 0. The fraction of sp³-hybridized carbons (Fsp3) is 0.100. The Bertz CT molecular complexity index is 683. The van der Waals surface area contributed by atoms with Crippen LogP contribution in [0.5, 0.6) is 5.75 Å². The maximum absolute atomic E-state index is 12.2. The van der Waals surface area contributed by atoms with Gasteiger partial charge in [-0.25, -0.2) is 8.42 Å². The minimum Gasteiger partial charge on any atom is -0.404 e. The minimum absolute atomic E-state index is 0.0202. The van der Waals surface area contributed by atoms with Crippen molar-refractivity contribution in [2.24, 2.45) is 0 Å². The lowest BCUT2D eigenvalue weighted by atomic mass is 10.3. The normalized spacial score (nSPS) is 12.2. The molecule has 1 aromatic heterocycles. The standard InChI is InChI=1S/C10H8F3N3O3S/c11-10(12,13)19-7-3-1-2-4-8(7)20(17,18)16-9-5-6-14-15-9/h1-6H,(H2,14,15,16). The number of ether oxygens (including phenoxy) is 1. The molecule has 10 heteroatoms. The van der Waals surface area contributed by atoms with Gasteiger partial charge in [0.05, 0.1) is 6.20 Å². The molecule has 108 valence electrons. The molecular weight excluding hydrogens is 299 g/mol. The Kier molecular flexibility index (Phi) is 3.57. The van der Waals surface area contributed by atoms with Gasteiger partial charge in [-0.05, 0) is 12.1 Å². The van der Waals surface area contributed by atoms with Crippen LogP contribution in [-0.4, -0.2) is 25.0 Å². The highest BCUT2D eigenvalue weighted by Crippen LogP contribution is 2.30. The summed E-state index contributed by atoms with van der Waals surface area (Å²) in [7, 11) is -4.23. The van der Waals surface area contributed by atoms with E-state index in [2.05, 4.69) is 14.9 Å². The Balaban J connectivity index is 2.36. The van der Waals surface area contributed by atoms with Gasteiger partial charge < -0.3 is 4.74 Å². The first-order valence-corrected chi connectivity index (χ1v) is 6.63. The van der Waals surface area contributed by atoms with Crippen LogP contribution in [0.3, 0.4) is 0 Å². The van der Waals surface area contributed by atoms with Gasteiger partial charge in [0.15, 0.2) is 0 Å². The molecule has 1 aromatic carbocycles. The average Bonchev–Trinajstić information content (AvgIpc) is 2.79. The van der Waals surface area contributed by atoms with Crippen LogP contribution in [0.4, 0.5) is 19.0 Å². The predicted octanol–water partition coefficient (Wildman–Crippen LogP) is 2.11. The van der Waals surface area contributed by atoms with E-state index in [1.165, 1.54) is 24.4 Å². The summed E-state index contributed by atoms with van der Waals surface area (Å²) in [6, 6.07) is 5.74. The second-order valence-electron chi connectivity index (χ2n) is 3.57. The first-order chi connectivity index (χ1) is 9.28. The fourth-order valence-corrected chi connectivity index (χ4v) is 2.54. The van der Waals surface area contributed by atoms with Crippen molar-refractivity contribution in [1.82, 2.24) is 10.2 Å². The molecule has 0 spiro atoms. The third-order valence-corrected chi connectivity index (χ3v) is 3.51. The number of alkyl halides is 3. The van der Waals surface area contributed by atoms with Crippen LogP contribution in [0.15, 0.2) is 41.4 Å². The molecule has 2 aromatic rings. The summed E-state index contributed by atoms with van der Waals surface area (Å²) in [5, 5.41) is 5.85. The number of sulfonamides is 1. The van der Waals surface area contributed by atoms with Crippen molar-refractivity contribution >= 4 is 15.8 Å². The molecule has 0 bridgehead atoms. The zero-order valence-electron chi connectivity index (χ0n) is 9.68. The van der Waals surface area contributed by atoms with E-state index in [1.54, 1.807) is 0 Å².